The molecule has 4 aromatic rings. The zero-order valence-electron chi connectivity index (χ0n) is 26.2. The number of rotatable bonds is 16. The van der Waals surface area contributed by atoms with E-state index in [-0.39, 0.29) is 20.0 Å². The number of unbranched alkanes of at least 4 members (excludes halogenated alkanes) is 3. The number of aliphatic carboxylic acids is 1. The smallest absolute Gasteiger partial charge is 0.303 e. The van der Waals surface area contributed by atoms with E-state index in [4.69, 9.17) is 33.5 Å². The summed E-state index contributed by atoms with van der Waals surface area (Å²) >= 11 is 0. The van der Waals surface area contributed by atoms with E-state index in [0.717, 1.165) is 95.3 Å². The first-order valence-corrected chi connectivity index (χ1v) is 16.1. The Labute approximate surface area is 269 Å². The topological polar surface area (TPSA) is 92.7 Å². The fraction of sp³-hybridized carbons (Fsp3) is 0.342. The molecular formula is C38H40O8. The second kappa shape index (κ2) is 15.0. The number of benzene rings is 4. The molecule has 8 nitrogen and oxygen atoms in total. The van der Waals surface area contributed by atoms with Crippen LogP contribution in [0.4, 0.5) is 0 Å². The van der Waals surface area contributed by atoms with Gasteiger partial charge in [0.05, 0.1) is 13.2 Å². The summed E-state index contributed by atoms with van der Waals surface area (Å²) in [4.78, 5) is 10.8. The van der Waals surface area contributed by atoms with Crippen LogP contribution in [-0.2, 0) is 17.6 Å². The third-order valence-corrected chi connectivity index (χ3v) is 8.30. The molecule has 0 aromatic heterocycles. The lowest BCUT2D eigenvalue weighted by Gasteiger charge is -2.15. The van der Waals surface area contributed by atoms with Crippen LogP contribution in [0.25, 0.3) is 22.3 Å². The van der Waals surface area contributed by atoms with E-state index in [0.29, 0.717) is 19.6 Å². The molecular weight excluding hydrogens is 584 g/mol. The van der Waals surface area contributed by atoms with Gasteiger partial charge < -0.3 is 33.5 Å². The summed E-state index contributed by atoms with van der Waals surface area (Å²) in [5.74, 6) is 3.90. The molecule has 2 aliphatic heterocycles. The van der Waals surface area contributed by atoms with Crippen LogP contribution >= 0.6 is 0 Å². The zero-order chi connectivity index (χ0) is 31.7. The Bertz CT molecular complexity index is 1590. The summed E-state index contributed by atoms with van der Waals surface area (Å²) in [6.07, 6.45) is 6.74. The highest BCUT2D eigenvalue weighted by Gasteiger charge is 2.17. The molecule has 0 atom stereocenters. The van der Waals surface area contributed by atoms with Crippen LogP contribution in [0, 0.1) is 0 Å². The molecule has 0 unspecified atom stereocenters. The highest BCUT2D eigenvalue weighted by molar-refractivity contribution is 5.77. The van der Waals surface area contributed by atoms with Crippen molar-refractivity contribution in [2.24, 2.45) is 0 Å². The van der Waals surface area contributed by atoms with Gasteiger partial charge in [0.2, 0.25) is 13.6 Å². The molecule has 0 radical (unpaired) electrons. The van der Waals surface area contributed by atoms with E-state index < -0.39 is 5.97 Å². The number of aryl methyl sites for hydroxylation is 1. The average molecular weight is 625 g/mol. The van der Waals surface area contributed by atoms with E-state index in [2.05, 4.69) is 31.2 Å². The number of carboxylic acids is 1. The maximum Gasteiger partial charge on any atom is 0.303 e. The summed E-state index contributed by atoms with van der Waals surface area (Å²) in [6.45, 7) is 3.66. The maximum absolute atomic E-state index is 10.8. The lowest BCUT2D eigenvalue weighted by Crippen LogP contribution is -2.05. The Morgan fingerprint density at radius 2 is 1.30 bits per heavy atom. The lowest BCUT2D eigenvalue weighted by molar-refractivity contribution is -0.137. The van der Waals surface area contributed by atoms with Crippen LogP contribution < -0.4 is 28.4 Å². The normalized spacial score (nSPS) is 12.7. The first-order valence-electron chi connectivity index (χ1n) is 16.1. The van der Waals surface area contributed by atoms with Crippen LogP contribution in [0.5, 0.6) is 34.5 Å². The van der Waals surface area contributed by atoms with Crippen molar-refractivity contribution in [3.63, 3.8) is 0 Å². The molecule has 1 N–H and O–H groups in total. The number of hydrogen-bond acceptors (Lipinski definition) is 7. The largest absolute Gasteiger partial charge is 0.494 e. The molecule has 0 fully saturated rings. The van der Waals surface area contributed by atoms with Crippen LogP contribution in [0.15, 0.2) is 72.8 Å². The summed E-state index contributed by atoms with van der Waals surface area (Å²) < 4.78 is 34.6. The monoisotopic (exact) mass is 624 g/mol. The van der Waals surface area contributed by atoms with Crippen LogP contribution in [0.3, 0.4) is 0 Å². The molecule has 2 aliphatic rings. The number of carbonyl (C=O) groups is 1. The predicted octanol–water partition coefficient (Wildman–Crippen LogP) is 8.47. The van der Waals surface area contributed by atoms with Gasteiger partial charge in [0.1, 0.15) is 11.5 Å². The number of hydrogen-bond donors (Lipinski definition) is 1. The Hall–Kier alpha value is -4.85. The fourth-order valence-corrected chi connectivity index (χ4v) is 5.92. The summed E-state index contributed by atoms with van der Waals surface area (Å²) in [5, 5.41) is 8.87. The molecule has 0 spiro atoms. The lowest BCUT2D eigenvalue weighted by atomic mass is 9.98. The van der Waals surface area contributed by atoms with E-state index in [9.17, 15) is 4.79 Å². The number of fused-ring (bicyclic) bond motifs is 2. The Morgan fingerprint density at radius 3 is 1.96 bits per heavy atom. The van der Waals surface area contributed by atoms with Gasteiger partial charge in [-0.3, -0.25) is 4.79 Å². The van der Waals surface area contributed by atoms with Gasteiger partial charge >= 0.3 is 5.97 Å². The van der Waals surface area contributed by atoms with Crippen molar-refractivity contribution in [2.75, 3.05) is 26.8 Å². The molecule has 0 aliphatic carbocycles. The van der Waals surface area contributed by atoms with Gasteiger partial charge in [0.15, 0.2) is 23.0 Å². The molecule has 0 bridgehead atoms. The predicted molar refractivity (Wildman–Crippen MR) is 175 cm³/mol. The number of carboxylic acid groups (broad SMARTS) is 1. The van der Waals surface area contributed by atoms with Crippen LogP contribution in [-0.4, -0.2) is 37.9 Å². The first-order chi connectivity index (χ1) is 22.6. The molecule has 4 aromatic carbocycles. The van der Waals surface area contributed by atoms with Gasteiger partial charge in [0.25, 0.3) is 0 Å². The quantitative estimate of drug-likeness (QED) is 0.124. The van der Waals surface area contributed by atoms with Crippen LogP contribution in [0.1, 0.15) is 56.6 Å². The van der Waals surface area contributed by atoms with Crippen molar-refractivity contribution >= 4 is 5.97 Å². The summed E-state index contributed by atoms with van der Waals surface area (Å²) in [6, 6.07) is 24.5. The van der Waals surface area contributed by atoms with Gasteiger partial charge in [0, 0.05) is 6.42 Å². The zero-order valence-corrected chi connectivity index (χ0v) is 26.2. The molecule has 6 rings (SSSR count). The minimum Gasteiger partial charge on any atom is -0.494 e. The molecule has 8 heteroatoms. The Balaban J connectivity index is 1.05. The Kier molecular flexibility index (Phi) is 10.1. The van der Waals surface area contributed by atoms with Gasteiger partial charge in [-0.25, -0.2) is 0 Å². The fourth-order valence-electron chi connectivity index (χ4n) is 5.92. The van der Waals surface area contributed by atoms with E-state index in [1.165, 1.54) is 11.1 Å². The second-order valence-electron chi connectivity index (χ2n) is 11.5. The van der Waals surface area contributed by atoms with Crippen molar-refractivity contribution in [3.05, 3.63) is 83.9 Å². The van der Waals surface area contributed by atoms with E-state index in [1.54, 1.807) is 0 Å². The SMILES string of the molecule is CCc1c(CCCCCCOc2cc(-c3ccc4c(c3)OCO4)cc(-c3ccc4c(c3)OCO4)c2)cccc1OCCCC(=O)O. The average Bonchev–Trinajstić information content (AvgIpc) is 3.75. The van der Waals surface area contributed by atoms with Crippen molar-refractivity contribution in [1.29, 1.82) is 0 Å². The molecule has 2 heterocycles. The summed E-state index contributed by atoms with van der Waals surface area (Å²) in [7, 11) is 0. The van der Waals surface area contributed by atoms with Crippen LogP contribution in [0.2, 0.25) is 0 Å². The van der Waals surface area contributed by atoms with E-state index >= 15 is 0 Å². The molecule has 0 saturated carbocycles. The van der Waals surface area contributed by atoms with Gasteiger partial charge in [-0.2, -0.15) is 0 Å². The van der Waals surface area contributed by atoms with Gasteiger partial charge in [-0.1, -0.05) is 44.0 Å². The van der Waals surface area contributed by atoms with Crippen molar-refractivity contribution in [3.8, 4) is 56.8 Å². The third kappa shape index (κ3) is 7.68. The van der Waals surface area contributed by atoms with Crippen molar-refractivity contribution < 1.29 is 38.3 Å². The number of ether oxygens (including phenoxy) is 6. The molecule has 0 saturated heterocycles. The highest BCUT2D eigenvalue weighted by atomic mass is 16.7. The van der Waals surface area contributed by atoms with E-state index in [1.807, 2.05) is 48.5 Å². The summed E-state index contributed by atoms with van der Waals surface area (Å²) in [5.41, 5.74) is 6.65. The highest BCUT2D eigenvalue weighted by Crippen LogP contribution is 2.40. The Morgan fingerprint density at radius 1 is 0.674 bits per heavy atom. The maximum atomic E-state index is 10.8. The second-order valence-corrected chi connectivity index (χ2v) is 11.5. The van der Waals surface area contributed by atoms with Gasteiger partial charge in [-0.15, -0.1) is 0 Å². The molecule has 240 valence electrons. The minimum atomic E-state index is -0.792. The van der Waals surface area contributed by atoms with Crippen molar-refractivity contribution in [2.45, 2.75) is 58.3 Å². The standard InChI is InChI=1S/C38H40O8/c1-2-32-26(10-7-11-33(32)42-18-8-12-38(39)40)9-5-3-4-6-17-41-31-20-29(27-13-15-34-36(22-27)45-24-43-34)19-30(21-31)28-14-16-35-37(23-28)46-25-44-35/h7,10-11,13-16,19-23H,2-6,8-9,12,17-18,24-25H2,1H3,(H,39,40). The third-order valence-electron chi connectivity index (χ3n) is 8.30. The minimum absolute atomic E-state index is 0.122. The van der Waals surface area contributed by atoms with Crippen molar-refractivity contribution in [1.82, 2.24) is 0 Å². The molecule has 0 amide bonds. The molecule has 46 heavy (non-hydrogen) atoms. The first kappa shape index (κ1) is 31.1. The van der Waals surface area contributed by atoms with Gasteiger partial charge in [-0.05, 0) is 114 Å².